The third-order valence-electron chi connectivity index (χ3n) is 14.3. The minimum atomic E-state index is -0.337. The number of carbonyl (C=O) groups is 2. The van der Waals surface area contributed by atoms with E-state index in [4.69, 9.17) is 4.74 Å². The zero-order valence-electron chi connectivity index (χ0n) is 26.3. The first kappa shape index (κ1) is 29.2. The lowest BCUT2D eigenvalue weighted by Crippen LogP contribution is -2.62. The summed E-state index contributed by atoms with van der Waals surface area (Å²) >= 11 is 0. The summed E-state index contributed by atoms with van der Waals surface area (Å²) in [5, 5.41) is 14.3. The quantitative estimate of drug-likeness (QED) is 0.434. The Kier molecular flexibility index (Phi) is 6.79. The van der Waals surface area contributed by atoms with Gasteiger partial charge in [0.25, 0.3) is 5.91 Å². The highest BCUT2D eigenvalue weighted by Gasteiger charge is 2.83. The van der Waals surface area contributed by atoms with Gasteiger partial charge in [-0.1, -0.05) is 39.0 Å². The SMILES string of the molecule is CC(=O)OC1CC2(C)C3CCC4C(C)(CO)C(NC(=O)c5ccccc5)CCC45CC35CCC2(C)C1C(C)N(C)C. The van der Waals surface area contributed by atoms with Crippen LogP contribution < -0.4 is 5.32 Å². The Balaban J connectivity index is 1.30. The van der Waals surface area contributed by atoms with Crippen LogP contribution in [0.2, 0.25) is 0 Å². The molecule has 5 fully saturated rings. The molecular formula is C35H52N2O4. The maximum atomic E-state index is 13.2. The van der Waals surface area contributed by atoms with Crippen molar-refractivity contribution in [2.24, 2.45) is 44.8 Å². The highest BCUT2D eigenvalue weighted by atomic mass is 16.5. The minimum Gasteiger partial charge on any atom is -0.462 e. The summed E-state index contributed by atoms with van der Waals surface area (Å²) in [6, 6.07) is 9.77. The van der Waals surface area contributed by atoms with Crippen LogP contribution in [0.3, 0.4) is 0 Å². The number of nitrogens with one attached hydrogen (secondary N) is 1. The molecule has 226 valence electrons. The highest BCUT2D eigenvalue weighted by Crippen LogP contribution is 2.89. The monoisotopic (exact) mass is 564 g/mol. The predicted octanol–water partition coefficient (Wildman–Crippen LogP) is 5.69. The van der Waals surface area contributed by atoms with Crippen molar-refractivity contribution in [2.45, 2.75) is 104 Å². The van der Waals surface area contributed by atoms with Gasteiger partial charge in [-0.05, 0) is 118 Å². The number of hydrogen-bond acceptors (Lipinski definition) is 5. The average molecular weight is 565 g/mol. The predicted molar refractivity (Wildman–Crippen MR) is 160 cm³/mol. The smallest absolute Gasteiger partial charge is 0.302 e. The Morgan fingerprint density at radius 3 is 2.29 bits per heavy atom. The van der Waals surface area contributed by atoms with Gasteiger partial charge in [0.15, 0.2) is 0 Å². The Hall–Kier alpha value is -1.92. The molecule has 0 radical (unpaired) electrons. The fourth-order valence-corrected chi connectivity index (χ4v) is 12.1. The molecule has 2 spiro atoms. The molecule has 6 rings (SSSR count). The van der Waals surface area contributed by atoms with Gasteiger partial charge in [-0.15, -0.1) is 0 Å². The standard InChI is InChI=1S/C35H52N2O4/c1-22(37(6)7)29-25(41-23(2)39)19-33(5)27-14-13-26-31(3,21-38)28(36-30(40)24-11-9-8-10-12-24)15-16-34(26)20-35(27,34)18-17-32(29,33)4/h8-12,22,25-29,38H,13-21H2,1-7H3,(H,36,40). The van der Waals surface area contributed by atoms with Gasteiger partial charge in [-0.2, -0.15) is 0 Å². The minimum absolute atomic E-state index is 0.0281. The molecule has 5 aliphatic rings. The van der Waals surface area contributed by atoms with Crippen LogP contribution in [0.4, 0.5) is 0 Å². The Morgan fingerprint density at radius 2 is 1.66 bits per heavy atom. The van der Waals surface area contributed by atoms with E-state index < -0.39 is 0 Å². The van der Waals surface area contributed by atoms with Crippen LogP contribution in [0.5, 0.6) is 0 Å². The van der Waals surface area contributed by atoms with E-state index in [-0.39, 0.29) is 52.3 Å². The summed E-state index contributed by atoms with van der Waals surface area (Å²) in [4.78, 5) is 27.8. The first-order valence-electron chi connectivity index (χ1n) is 16.1. The van der Waals surface area contributed by atoms with Crippen LogP contribution in [0, 0.1) is 44.8 Å². The number of benzene rings is 1. The van der Waals surface area contributed by atoms with Gasteiger partial charge in [0.05, 0.1) is 6.61 Å². The number of aliphatic hydroxyl groups is 1. The lowest BCUT2D eigenvalue weighted by molar-refractivity contribution is -0.156. The third-order valence-corrected chi connectivity index (χ3v) is 14.3. The van der Waals surface area contributed by atoms with E-state index in [1.165, 1.54) is 19.3 Å². The van der Waals surface area contributed by atoms with Crippen molar-refractivity contribution in [2.75, 3.05) is 20.7 Å². The zero-order chi connectivity index (χ0) is 29.6. The maximum absolute atomic E-state index is 13.2. The Morgan fingerprint density at radius 1 is 1.00 bits per heavy atom. The topological polar surface area (TPSA) is 78.9 Å². The summed E-state index contributed by atoms with van der Waals surface area (Å²) in [6.07, 6.45) is 8.85. The molecule has 0 aliphatic heterocycles. The van der Waals surface area contributed by atoms with Crippen molar-refractivity contribution in [3.05, 3.63) is 35.9 Å². The van der Waals surface area contributed by atoms with E-state index in [2.05, 4.69) is 52.0 Å². The van der Waals surface area contributed by atoms with Crippen molar-refractivity contribution in [1.82, 2.24) is 10.2 Å². The van der Waals surface area contributed by atoms with Crippen LogP contribution >= 0.6 is 0 Å². The Bertz CT molecular complexity index is 1200. The number of carbonyl (C=O) groups excluding carboxylic acids is 2. The number of nitrogens with zero attached hydrogens (tertiary/aromatic N) is 1. The number of esters is 1. The van der Waals surface area contributed by atoms with Gasteiger partial charge in [0, 0.05) is 35.9 Å². The zero-order valence-corrected chi connectivity index (χ0v) is 26.3. The summed E-state index contributed by atoms with van der Waals surface area (Å²) < 4.78 is 6.15. The summed E-state index contributed by atoms with van der Waals surface area (Å²) in [7, 11) is 4.31. The van der Waals surface area contributed by atoms with E-state index in [0.29, 0.717) is 34.8 Å². The maximum Gasteiger partial charge on any atom is 0.302 e. The van der Waals surface area contributed by atoms with E-state index in [1.807, 2.05) is 30.3 Å². The van der Waals surface area contributed by atoms with Crippen molar-refractivity contribution in [3.8, 4) is 0 Å². The second kappa shape index (κ2) is 9.54. The lowest BCUT2D eigenvalue weighted by atomic mass is 9.41. The molecule has 1 aromatic rings. The fourth-order valence-electron chi connectivity index (χ4n) is 12.1. The molecule has 6 nitrogen and oxygen atoms in total. The Labute approximate surface area is 247 Å². The first-order valence-corrected chi connectivity index (χ1v) is 16.1. The molecule has 0 saturated heterocycles. The molecule has 5 saturated carbocycles. The van der Waals surface area contributed by atoms with Crippen molar-refractivity contribution in [3.63, 3.8) is 0 Å². The highest BCUT2D eigenvalue weighted by molar-refractivity contribution is 5.94. The summed E-state index contributed by atoms with van der Waals surface area (Å²) in [5.74, 6) is 1.12. The molecule has 2 N–H and O–H groups in total. The second-order valence-electron chi connectivity index (χ2n) is 15.7. The van der Waals surface area contributed by atoms with Crippen molar-refractivity contribution < 1.29 is 19.4 Å². The van der Waals surface area contributed by atoms with Gasteiger partial charge in [-0.3, -0.25) is 9.59 Å². The van der Waals surface area contributed by atoms with Gasteiger partial charge in [0.1, 0.15) is 6.10 Å². The van der Waals surface area contributed by atoms with E-state index in [9.17, 15) is 14.7 Å². The van der Waals surface area contributed by atoms with E-state index >= 15 is 0 Å². The molecule has 0 aromatic heterocycles. The number of amides is 1. The third kappa shape index (κ3) is 3.81. The van der Waals surface area contributed by atoms with Crippen molar-refractivity contribution in [1.29, 1.82) is 0 Å². The van der Waals surface area contributed by atoms with Crippen LogP contribution in [0.25, 0.3) is 0 Å². The summed E-state index contributed by atoms with van der Waals surface area (Å²) in [6.45, 7) is 11.3. The summed E-state index contributed by atoms with van der Waals surface area (Å²) in [5.41, 5.74) is 1.09. The number of ether oxygens (including phenoxy) is 1. The number of rotatable bonds is 6. The van der Waals surface area contributed by atoms with Crippen LogP contribution in [-0.2, 0) is 9.53 Å². The molecule has 11 unspecified atom stereocenters. The first-order chi connectivity index (χ1) is 19.3. The molecule has 0 bridgehead atoms. The number of fused-ring (bicyclic) bond motifs is 2. The molecule has 5 aliphatic carbocycles. The molecule has 11 atom stereocenters. The van der Waals surface area contributed by atoms with Gasteiger partial charge >= 0.3 is 5.97 Å². The fraction of sp³-hybridized carbons (Fsp3) is 0.771. The second-order valence-corrected chi connectivity index (χ2v) is 15.7. The lowest BCUT2D eigenvalue weighted by Gasteiger charge is -2.63. The van der Waals surface area contributed by atoms with E-state index in [1.54, 1.807) is 6.92 Å². The van der Waals surface area contributed by atoms with Crippen LogP contribution in [0.1, 0.15) is 96.3 Å². The molecule has 1 aromatic carbocycles. The largest absolute Gasteiger partial charge is 0.462 e. The molecule has 1 amide bonds. The van der Waals surface area contributed by atoms with E-state index in [0.717, 1.165) is 32.1 Å². The molecule has 0 heterocycles. The molecule has 41 heavy (non-hydrogen) atoms. The average Bonchev–Trinajstić information content (AvgIpc) is 3.54. The van der Waals surface area contributed by atoms with Gasteiger partial charge in [0.2, 0.25) is 0 Å². The van der Waals surface area contributed by atoms with Crippen molar-refractivity contribution >= 4 is 11.9 Å². The normalized spacial score (nSPS) is 46.9. The van der Waals surface area contributed by atoms with Crippen LogP contribution in [0.15, 0.2) is 30.3 Å². The number of aliphatic hydroxyl groups excluding tert-OH is 1. The number of hydrogen-bond donors (Lipinski definition) is 2. The molecule has 6 heteroatoms. The molecular weight excluding hydrogens is 512 g/mol. The van der Waals surface area contributed by atoms with Gasteiger partial charge in [-0.25, -0.2) is 0 Å². The van der Waals surface area contributed by atoms with Gasteiger partial charge < -0.3 is 20.1 Å². The van der Waals surface area contributed by atoms with Crippen LogP contribution in [-0.4, -0.2) is 60.8 Å².